The van der Waals surface area contributed by atoms with E-state index in [2.05, 4.69) is 14.6 Å². The van der Waals surface area contributed by atoms with Gasteiger partial charge in [0.15, 0.2) is 0 Å². The summed E-state index contributed by atoms with van der Waals surface area (Å²) in [5.41, 5.74) is 1.62. The molecular weight excluding hydrogens is 534 g/mol. The Bertz CT molecular complexity index is 342. The van der Waals surface area contributed by atoms with Gasteiger partial charge in [-0.3, -0.25) is 0 Å². The van der Waals surface area contributed by atoms with Crippen molar-refractivity contribution in [2.24, 2.45) is 0 Å². The molecule has 1 aromatic rings. The van der Waals surface area contributed by atoms with E-state index >= 15 is 0 Å². The first kappa shape index (κ1) is 14.9. The summed E-state index contributed by atoms with van der Waals surface area (Å²) in [5, 5.41) is 2.98. The van der Waals surface area contributed by atoms with Crippen molar-refractivity contribution >= 4 is 10.5 Å². The van der Waals surface area contributed by atoms with Crippen LogP contribution in [0.1, 0.15) is 15.9 Å². The third-order valence-corrected chi connectivity index (χ3v) is 2.23. The molecule has 0 spiro atoms. The second-order valence-corrected chi connectivity index (χ2v) is 3.38. The van der Waals surface area contributed by atoms with Gasteiger partial charge >= 0.3 is 93.7 Å². The van der Waals surface area contributed by atoms with E-state index in [0.717, 1.165) is 5.56 Å². The number of hydrogen-bond acceptors (Lipinski definition) is 3. The summed E-state index contributed by atoms with van der Waals surface area (Å²) in [6, 6.07) is 7.34. The van der Waals surface area contributed by atoms with Crippen LogP contribution in [0.3, 0.4) is 0 Å². The molecule has 3 nitrogen and oxygen atoms in total. The Hall–Kier alpha value is -0.103. The number of rotatable bonds is 4. The average molecular weight is 544 g/mol. The molecule has 0 aromatic heterocycles. The van der Waals surface area contributed by atoms with Crippen LogP contribution in [0.2, 0.25) is 0 Å². The van der Waals surface area contributed by atoms with Crippen molar-refractivity contribution in [3.63, 3.8) is 0 Å². The van der Waals surface area contributed by atoms with Crippen LogP contribution in [0.4, 0.5) is 0 Å². The number of carbonyl (C=O) groups is 1. The minimum atomic E-state index is -0.304. The first-order valence-electron chi connectivity index (χ1n) is 4.05. The second-order valence-electron chi connectivity index (χ2n) is 2.65. The van der Waals surface area contributed by atoms with Crippen molar-refractivity contribution in [2.75, 3.05) is 7.11 Å². The van der Waals surface area contributed by atoms with Gasteiger partial charge in [-0.05, 0) is 0 Å². The van der Waals surface area contributed by atoms with E-state index in [1.807, 2.05) is 18.2 Å². The van der Waals surface area contributed by atoms with Gasteiger partial charge in [0.05, 0.1) is 0 Å². The number of methoxy groups -OCH3 is 1. The number of esters is 1. The Morgan fingerprint density at radius 2 is 2.33 bits per heavy atom. The zero-order valence-electron chi connectivity index (χ0n) is 8.15. The molecule has 0 atom stereocenters. The molecule has 15 heavy (non-hydrogen) atoms. The molecule has 1 rings (SSSR count). The summed E-state index contributed by atoms with van der Waals surface area (Å²) in [6.07, 6.45) is 0. The van der Waals surface area contributed by atoms with Gasteiger partial charge in [0.25, 0.3) is 0 Å². The van der Waals surface area contributed by atoms with Gasteiger partial charge in [-0.25, -0.2) is 0 Å². The molecule has 0 radical (unpaired) electrons. The fourth-order valence-corrected chi connectivity index (χ4v) is 1.32. The topological polar surface area (TPSA) is 38.3 Å². The van der Waals surface area contributed by atoms with Crippen LogP contribution in [0.5, 0.6) is 0 Å². The normalized spacial score (nSPS) is 8.87. The molecule has 0 aliphatic rings. The molecule has 0 aliphatic heterocycles. The molecule has 0 bridgehead atoms. The third-order valence-electron chi connectivity index (χ3n) is 1.71. The summed E-state index contributed by atoms with van der Waals surface area (Å²) in [4.78, 5) is 11.2. The van der Waals surface area contributed by atoms with E-state index in [9.17, 15) is 4.79 Å². The Kier molecular flexibility index (Phi) is 8.04. The molecule has 0 saturated heterocycles. The van der Waals surface area contributed by atoms with Gasteiger partial charge in [-0.1, -0.05) is 0 Å². The monoisotopic (exact) mass is 544 g/mol. The fourth-order valence-electron chi connectivity index (χ4n) is 1.06. The molecule has 1 N–H and O–H groups in total. The maximum Gasteiger partial charge on any atom is 0 e. The number of benzene rings is 1. The number of ether oxygens (including phenoxy) is 1. The van der Waals surface area contributed by atoms with Crippen molar-refractivity contribution < 1.29 is 50.0 Å². The molecule has 0 aliphatic carbocycles. The van der Waals surface area contributed by atoms with Gasteiger partial charge in [-0.15, -0.1) is 0 Å². The van der Waals surface area contributed by atoms with Crippen LogP contribution in [-0.4, -0.2) is 17.6 Å². The summed E-state index contributed by atoms with van der Waals surface area (Å²) >= 11 is 1.25. The van der Waals surface area contributed by atoms with Crippen molar-refractivity contribution in [3.8, 4) is 0 Å². The van der Waals surface area contributed by atoms with Gasteiger partial charge in [0, 0.05) is 21.1 Å². The van der Waals surface area contributed by atoms with E-state index in [0.29, 0.717) is 12.1 Å². The Morgan fingerprint density at radius 1 is 1.60 bits per heavy atom. The quantitative estimate of drug-likeness (QED) is 0.346. The van der Waals surface area contributed by atoms with Gasteiger partial charge in [-0.2, -0.15) is 0 Å². The van der Waals surface area contributed by atoms with Crippen molar-refractivity contribution in [1.29, 1.82) is 0 Å². The molecule has 0 heterocycles. The van der Waals surface area contributed by atoms with Crippen LogP contribution in [0.15, 0.2) is 24.3 Å². The van der Waals surface area contributed by atoms with Gasteiger partial charge in [0.1, 0.15) is 0 Å². The van der Waals surface area contributed by atoms with E-state index in [1.165, 1.54) is 26.5 Å². The standard InChI is InChI=1S/C10H10NO2.2W/c1-11-7-8-4-3-5-9(6-8)10(12)13-2;;/h3-6,11H,7H2,2H3;;/q-1;;. The van der Waals surface area contributed by atoms with Crippen LogP contribution in [0.25, 0.3) is 0 Å². The van der Waals surface area contributed by atoms with Crippen LogP contribution in [-0.2, 0) is 51.7 Å². The van der Waals surface area contributed by atoms with Crippen LogP contribution >= 0.6 is 0 Å². The van der Waals surface area contributed by atoms with Crippen molar-refractivity contribution in [2.45, 2.75) is 6.54 Å². The molecule has 1 aromatic carbocycles. The predicted octanol–water partition coefficient (Wildman–Crippen LogP) is 0.744. The van der Waals surface area contributed by atoms with E-state index in [1.54, 1.807) is 6.07 Å². The SMILES string of the molecule is COC(=O)c1cccc(CN[C-]=[W])c1.[W]. The number of hydrogen-bond donors (Lipinski definition) is 1. The van der Waals surface area contributed by atoms with Crippen molar-refractivity contribution in [1.82, 2.24) is 5.32 Å². The Labute approximate surface area is 114 Å². The van der Waals surface area contributed by atoms with E-state index in [4.69, 9.17) is 0 Å². The zero-order chi connectivity index (χ0) is 10.4. The number of nitrogens with one attached hydrogen (secondary N) is 1. The first-order valence-corrected chi connectivity index (χ1v) is 5.52. The molecule has 0 unspecified atom stereocenters. The summed E-state index contributed by atoms with van der Waals surface area (Å²) < 4.78 is 7.52. The van der Waals surface area contributed by atoms with Crippen molar-refractivity contribution in [3.05, 3.63) is 35.4 Å². The largest absolute Gasteiger partial charge is 0 e. The Morgan fingerprint density at radius 3 is 2.93 bits per heavy atom. The minimum absolute atomic E-state index is 0. The zero-order valence-corrected chi connectivity index (χ0v) is 14.0. The van der Waals surface area contributed by atoms with E-state index < -0.39 is 0 Å². The molecule has 0 amide bonds. The maximum absolute atomic E-state index is 11.2. The third kappa shape index (κ3) is 4.97. The Balaban J connectivity index is 0.00000196. The average Bonchev–Trinajstić information content (AvgIpc) is 2.25. The molecular formula is C10H10NO2W2-. The molecule has 0 fully saturated rings. The summed E-state index contributed by atoms with van der Waals surface area (Å²) in [6.45, 7) is 0.689. The summed E-state index contributed by atoms with van der Waals surface area (Å²) in [5.74, 6) is -0.304. The predicted molar refractivity (Wildman–Crippen MR) is 49.6 cm³/mol. The van der Waals surface area contributed by atoms with Crippen LogP contribution < -0.4 is 5.32 Å². The van der Waals surface area contributed by atoms with Gasteiger partial charge < -0.3 is 0 Å². The summed E-state index contributed by atoms with van der Waals surface area (Å²) in [7, 11) is 1.38. The smallest absolute Gasteiger partial charge is 0 e. The second kappa shape index (κ2) is 8.10. The first-order chi connectivity index (χ1) is 6.77. The van der Waals surface area contributed by atoms with Gasteiger partial charge in [0.2, 0.25) is 0 Å². The molecule has 5 heteroatoms. The fraction of sp³-hybridized carbons (Fsp3) is 0.200. The molecule has 80 valence electrons. The maximum atomic E-state index is 11.2. The molecule has 0 saturated carbocycles. The van der Waals surface area contributed by atoms with Crippen LogP contribution in [0, 0.1) is 0 Å². The van der Waals surface area contributed by atoms with E-state index in [-0.39, 0.29) is 27.0 Å². The number of carbonyl (C=O) groups excluding carboxylic acids is 1. The minimum Gasteiger partial charge on any atom is 0 e.